The van der Waals surface area contributed by atoms with Crippen LogP contribution in [-0.4, -0.2) is 55.4 Å². The van der Waals surface area contributed by atoms with E-state index >= 15 is 0 Å². The molecule has 2 saturated heterocycles. The zero-order valence-corrected chi connectivity index (χ0v) is 17.0. The summed E-state index contributed by atoms with van der Waals surface area (Å²) in [5.41, 5.74) is 0.384. The first-order valence-electron chi connectivity index (χ1n) is 9.06. The Hall–Kier alpha value is -1.09. The first kappa shape index (κ1) is 21.2. The van der Waals surface area contributed by atoms with Gasteiger partial charge in [-0.05, 0) is 44.2 Å². The summed E-state index contributed by atoms with van der Waals surface area (Å²) in [6.45, 7) is 4.91. The van der Waals surface area contributed by atoms with Gasteiger partial charge in [0.1, 0.15) is 10.6 Å². The minimum atomic E-state index is -3.54. The lowest BCUT2D eigenvalue weighted by atomic mass is 10.0. The molecule has 2 atom stereocenters. The number of aromatic nitrogens is 1. The van der Waals surface area contributed by atoms with Crippen molar-refractivity contribution in [3.63, 3.8) is 0 Å². The molecule has 0 spiro atoms. The van der Waals surface area contributed by atoms with E-state index < -0.39 is 10.0 Å². The van der Waals surface area contributed by atoms with Crippen LogP contribution in [0.4, 0.5) is 0 Å². The third-order valence-corrected chi connectivity index (χ3v) is 6.93. The maximum Gasteiger partial charge on any atom is 0.268 e. The highest BCUT2D eigenvalue weighted by Gasteiger charge is 2.30. The standard InChI is InChI=1S/C17H28N4O3S.ClH/c1-13-5-4-8-21(11-13)25(23,24)15-9-16(20(2)12-15)17(22)19-14-6-3-7-18-10-14;/h9,12-14,18H,3-8,10-11H2,1-2H3,(H,19,22);1H/t13?,14-;/m0./s1. The van der Waals surface area contributed by atoms with E-state index in [9.17, 15) is 13.2 Å². The maximum atomic E-state index is 12.9. The number of halogens is 1. The molecule has 0 radical (unpaired) electrons. The second-order valence-electron chi connectivity index (χ2n) is 7.30. The lowest BCUT2D eigenvalue weighted by molar-refractivity contribution is 0.0922. The fraction of sp³-hybridized carbons (Fsp3) is 0.706. The Labute approximate surface area is 162 Å². The first-order valence-corrected chi connectivity index (χ1v) is 10.5. The SMILES string of the molecule is CC1CCCN(S(=O)(=O)c2cc(C(=O)N[C@H]3CCCNC3)n(C)c2)C1.Cl. The second kappa shape index (κ2) is 8.73. The summed E-state index contributed by atoms with van der Waals surface area (Å²) >= 11 is 0. The molecular formula is C17H29ClN4O3S. The van der Waals surface area contributed by atoms with Crippen molar-refractivity contribution in [1.82, 2.24) is 19.5 Å². The van der Waals surface area contributed by atoms with Crippen LogP contribution in [0.3, 0.4) is 0 Å². The minimum absolute atomic E-state index is 0. The minimum Gasteiger partial charge on any atom is -0.347 e. The fourth-order valence-electron chi connectivity index (χ4n) is 3.65. The van der Waals surface area contributed by atoms with Gasteiger partial charge in [0, 0.05) is 38.9 Å². The van der Waals surface area contributed by atoms with Gasteiger partial charge in [-0.25, -0.2) is 8.42 Å². The molecule has 1 aromatic rings. The summed E-state index contributed by atoms with van der Waals surface area (Å²) in [6, 6.07) is 1.60. The predicted molar refractivity (Wildman–Crippen MR) is 103 cm³/mol. The monoisotopic (exact) mass is 404 g/mol. The fourth-order valence-corrected chi connectivity index (χ4v) is 5.32. The van der Waals surface area contributed by atoms with Crippen molar-refractivity contribution in [2.24, 2.45) is 13.0 Å². The molecule has 2 aliphatic rings. The second-order valence-corrected chi connectivity index (χ2v) is 9.24. The maximum absolute atomic E-state index is 12.9. The van der Waals surface area contributed by atoms with Gasteiger partial charge in [0.25, 0.3) is 5.91 Å². The Morgan fingerprint density at radius 1 is 1.31 bits per heavy atom. The average Bonchev–Trinajstić information content (AvgIpc) is 2.98. The number of hydrogen-bond acceptors (Lipinski definition) is 4. The van der Waals surface area contributed by atoms with Crippen LogP contribution in [0, 0.1) is 5.92 Å². The summed E-state index contributed by atoms with van der Waals surface area (Å²) in [4.78, 5) is 12.7. The molecule has 2 aliphatic heterocycles. The Morgan fingerprint density at radius 3 is 2.73 bits per heavy atom. The average molecular weight is 405 g/mol. The summed E-state index contributed by atoms with van der Waals surface area (Å²) in [7, 11) is -1.83. The Kier molecular flexibility index (Phi) is 7.12. The summed E-state index contributed by atoms with van der Waals surface area (Å²) in [5.74, 6) is 0.151. The molecule has 1 aromatic heterocycles. The number of rotatable bonds is 4. The molecule has 148 valence electrons. The van der Waals surface area contributed by atoms with E-state index in [0.29, 0.717) is 24.7 Å². The number of nitrogens with one attached hydrogen (secondary N) is 2. The third kappa shape index (κ3) is 4.60. The van der Waals surface area contributed by atoms with E-state index in [1.807, 2.05) is 0 Å². The highest BCUT2D eigenvalue weighted by Crippen LogP contribution is 2.24. The summed E-state index contributed by atoms with van der Waals surface area (Å²) in [6.07, 6.45) is 5.46. The molecule has 0 aliphatic carbocycles. The molecule has 0 aromatic carbocycles. The van der Waals surface area contributed by atoms with Crippen LogP contribution in [-0.2, 0) is 17.1 Å². The smallest absolute Gasteiger partial charge is 0.268 e. The molecule has 9 heteroatoms. The predicted octanol–water partition coefficient (Wildman–Crippen LogP) is 1.35. The normalized spacial score (nSPS) is 24.7. The van der Waals surface area contributed by atoms with Crippen molar-refractivity contribution in [2.45, 2.75) is 43.5 Å². The summed E-state index contributed by atoms with van der Waals surface area (Å²) < 4.78 is 28.9. The van der Waals surface area contributed by atoms with Crippen LogP contribution in [0.1, 0.15) is 43.1 Å². The third-order valence-electron chi connectivity index (χ3n) is 5.10. The van der Waals surface area contributed by atoms with Crippen molar-refractivity contribution >= 4 is 28.3 Å². The highest BCUT2D eigenvalue weighted by atomic mass is 35.5. The van der Waals surface area contributed by atoms with Crippen LogP contribution in [0.5, 0.6) is 0 Å². The Bertz CT molecular complexity index is 728. The molecule has 2 fully saturated rings. The van der Waals surface area contributed by atoms with Gasteiger partial charge in [-0.1, -0.05) is 6.92 Å². The Balaban J connectivity index is 0.00000243. The molecule has 3 heterocycles. The van der Waals surface area contributed by atoms with Gasteiger partial charge in [0.05, 0.1) is 0 Å². The topological polar surface area (TPSA) is 83.4 Å². The van der Waals surface area contributed by atoms with E-state index in [-0.39, 0.29) is 29.3 Å². The zero-order valence-electron chi connectivity index (χ0n) is 15.4. The molecule has 7 nitrogen and oxygen atoms in total. The number of carbonyl (C=O) groups is 1. The zero-order chi connectivity index (χ0) is 18.0. The largest absolute Gasteiger partial charge is 0.347 e. The number of amides is 1. The number of nitrogens with zero attached hydrogens (tertiary/aromatic N) is 2. The number of aryl methyl sites for hydroxylation is 1. The molecule has 0 bridgehead atoms. The van der Waals surface area contributed by atoms with Gasteiger partial charge in [0.2, 0.25) is 10.0 Å². The van der Waals surface area contributed by atoms with Crippen LogP contribution < -0.4 is 10.6 Å². The number of sulfonamides is 1. The van der Waals surface area contributed by atoms with Crippen molar-refractivity contribution in [2.75, 3.05) is 26.2 Å². The van der Waals surface area contributed by atoms with Crippen LogP contribution in [0.2, 0.25) is 0 Å². The van der Waals surface area contributed by atoms with E-state index in [2.05, 4.69) is 17.6 Å². The number of carbonyl (C=O) groups excluding carboxylic acids is 1. The molecular weight excluding hydrogens is 376 g/mol. The van der Waals surface area contributed by atoms with Gasteiger partial charge in [-0.2, -0.15) is 4.31 Å². The first-order chi connectivity index (χ1) is 11.9. The van der Waals surface area contributed by atoms with E-state index in [1.54, 1.807) is 22.1 Å². The van der Waals surface area contributed by atoms with Gasteiger partial charge in [-0.3, -0.25) is 4.79 Å². The number of hydrogen-bond donors (Lipinski definition) is 2. The molecule has 2 N–H and O–H groups in total. The molecule has 26 heavy (non-hydrogen) atoms. The molecule has 1 amide bonds. The van der Waals surface area contributed by atoms with Crippen molar-refractivity contribution in [3.8, 4) is 0 Å². The van der Waals surface area contributed by atoms with Gasteiger partial charge < -0.3 is 15.2 Å². The van der Waals surface area contributed by atoms with Gasteiger partial charge in [-0.15, -0.1) is 12.4 Å². The quantitative estimate of drug-likeness (QED) is 0.793. The highest BCUT2D eigenvalue weighted by molar-refractivity contribution is 7.89. The summed E-state index contributed by atoms with van der Waals surface area (Å²) in [5, 5.41) is 6.26. The lowest BCUT2D eigenvalue weighted by Crippen LogP contribution is -2.45. The van der Waals surface area contributed by atoms with E-state index in [4.69, 9.17) is 0 Å². The molecule has 3 rings (SSSR count). The Morgan fingerprint density at radius 2 is 2.08 bits per heavy atom. The molecule has 0 saturated carbocycles. The lowest BCUT2D eigenvalue weighted by Gasteiger charge is -2.29. The molecule has 1 unspecified atom stereocenters. The van der Waals surface area contributed by atoms with Crippen molar-refractivity contribution in [1.29, 1.82) is 0 Å². The van der Waals surface area contributed by atoms with Crippen molar-refractivity contribution < 1.29 is 13.2 Å². The van der Waals surface area contributed by atoms with Crippen LogP contribution >= 0.6 is 12.4 Å². The van der Waals surface area contributed by atoms with Crippen molar-refractivity contribution in [3.05, 3.63) is 18.0 Å². The van der Waals surface area contributed by atoms with Crippen LogP contribution in [0.25, 0.3) is 0 Å². The van der Waals surface area contributed by atoms with Gasteiger partial charge in [0.15, 0.2) is 0 Å². The number of piperidine rings is 2. The van der Waals surface area contributed by atoms with E-state index in [0.717, 1.165) is 38.8 Å². The van der Waals surface area contributed by atoms with E-state index in [1.165, 1.54) is 6.07 Å². The van der Waals surface area contributed by atoms with Gasteiger partial charge >= 0.3 is 0 Å². The van der Waals surface area contributed by atoms with Crippen LogP contribution in [0.15, 0.2) is 17.2 Å².